The normalized spacial score (nSPS) is 15.4. The van der Waals surface area contributed by atoms with Crippen molar-refractivity contribution in [1.82, 2.24) is 9.88 Å². The molecule has 0 aliphatic carbocycles. The number of carbonyl (C=O) groups is 2. The van der Waals surface area contributed by atoms with Crippen molar-refractivity contribution in [3.05, 3.63) is 95.6 Å². The first-order chi connectivity index (χ1) is 16.8. The topological polar surface area (TPSA) is 78.7 Å². The van der Waals surface area contributed by atoms with Gasteiger partial charge in [-0.2, -0.15) is 0 Å². The lowest BCUT2D eigenvalue weighted by Crippen LogP contribution is -2.47. The first kappa shape index (κ1) is 22.3. The standard InChI is InChI=1S/C26H21F2N5O2/c1-32-21-14-16(27)12-11-15(21)13-22(32)29-26(35)31-24-25(34)33(2)20-10-6-4-8-18(20)23(30-24)17-7-3-5-9-19(17)28/h3-14,24H,1-2H3,(H2,29,31,35). The molecule has 0 spiro atoms. The van der Waals surface area contributed by atoms with Crippen LogP contribution in [0.4, 0.5) is 25.1 Å². The molecule has 0 bridgehead atoms. The number of nitrogens with zero attached hydrogens (tertiary/aromatic N) is 3. The number of para-hydroxylation sites is 1. The van der Waals surface area contributed by atoms with E-state index in [0.717, 1.165) is 5.39 Å². The molecule has 1 aliphatic rings. The van der Waals surface area contributed by atoms with Crippen LogP contribution in [-0.2, 0) is 11.8 Å². The molecular weight excluding hydrogens is 452 g/mol. The van der Waals surface area contributed by atoms with Gasteiger partial charge in [-0.05, 0) is 42.5 Å². The predicted octanol–water partition coefficient (Wildman–Crippen LogP) is 4.42. The molecule has 0 saturated carbocycles. The van der Waals surface area contributed by atoms with E-state index in [2.05, 4.69) is 15.6 Å². The molecule has 2 N–H and O–H groups in total. The number of benzene rings is 3. The molecule has 1 aliphatic heterocycles. The number of aliphatic imine (C=N–C) groups is 1. The Bertz CT molecular complexity index is 1510. The zero-order valence-corrected chi connectivity index (χ0v) is 18.9. The third kappa shape index (κ3) is 4.01. The van der Waals surface area contributed by atoms with Gasteiger partial charge in [0.1, 0.15) is 17.5 Å². The Morgan fingerprint density at radius 3 is 2.43 bits per heavy atom. The van der Waals surface area contributed by atoms with Gasteiger partial charge in [-0.15, -0.1) is 0 Å². The highest BCUT2D eigenvalue weighted by Gasteiger charge is 2.31. The van der Waals surface area contributed by atoms with Crippen molar-refractivity contribution in [3.8, 4) is 0 Å². The number of carbonyl (C=O) groups excluding carboxylic acids is 2. The fourth-order valence-corrected chi connectivity index (χ4v) is 4.18. The summed E-state index contributed by atoms with van der Waals surface area (Å²) in [5, 5.41) is 6.01. The molecule has 1 aromatic heterocycles. The van der Waals surface area contributed by atoms with Gasteiger partial charge in [-0.3, -0.25) is 10.1 Å². The number of anilines is 2. The molecule has 0 saturated heterocycles. The van der Waals surface area contributed by atoms with Gasteiger partial charge in [0.15, 0.2) is 0 Å². The zero-order valence-electron chi connectivity index (χ0n) is 18.9. The summed E-state index contributed by atoms with van der Waals surface area (Å²) in [6.07, 6.45) is -1.31. The van der Waals surface area contributed by atoms with Gasteiger partial charge in [-0.25, -0.2) is 18.6 Å². The van der Waals surface area contributed by atoms with Gasteiger partial charge in [0, 0.05) is 30.6 Å². The molecule has 5 rings (SSSR count). The van der Waals surface area contributed by atoms with E-state index in [-0.39, 0.29) is 11.3 Å². The molecule has 0 radical (unpaired) electrons. The third-order valence-electron chi connectivity index (χ3n) is 5.99. The van der Waals surface area contributed by atoms with Crippen LogP contribution in [0.3, 0.4) is 0 Å². The molecule has 176 valence electrons. The number of likely N-dealkylation sites (N-methyl/N-ethyl adjacent to an activating group) is 1. The minimum atomic E-state index is -1.31. The lowest BCUT2D eigenvalue weighted by atomic mass is 10.00. The maximum Gasteiger partial charge on any atom is 0.322 e. The summed E-state index contributed by atoms with van der Waals surface area (Å²) in [6, 6.07) is 18.5. The SMILES string of the molecule is CN1C(=O)C(NC(=O)Nc2cc3ccc(F)cc3n2C)N=C(c2ccccc2F)c2ccccc21. The largest absolute Gasteiger partial charge is 0.330 e. The number of halogens is 2. The van der Waals surface area contributed by atoms with Crippen LogP contribution >= 0.6 is 0 Å². The molecule has 4 aromatic rings. The van der Waals surface area contributed by atoms with Crippen molar-refractivity contribution in [2.75, 3.05) is 17.3 Å². The monoisotopic (exact) mass is 473 g/mol. The predicted molar refractivity (Wildman–Crippen MR) is 131 cm³/mol. The van der Waals surface area contributed by atoms with E-state index < -0.39 is 29.7 Å². The summed E-state index contributed by atoms with van der Waals surface area (Å²) in [4.78, 5) is 32.0. The van der Waals surface area contributed by atoms with Gasteiger partial charge in [0.2, 0.25) is 6.17 Å². The quantitative estimate of drug-likeness (QED) is 0.462. The second-order valence-electron chi connectivity index (χ2n) is 8.16. The highest BCUT2D eigenvalue weighted by molar-refractivity contribution is 6.20. The number of aromatic nitrogens is 1. The number of urea groups is 1. The summed E-state index contributed by atoms with van der Waals surface area (Å²) in [6.45, 7) is 0. The van der Waals surface area contributed by atoms with Crippen LogP contribution in [0.25, 0.3) is 10.9 Å². The van der Waals surface area contributed by atoms with Crippen LogP contribution in [0.5, 0.6) is 0 Å². The second kappa shape index (κ2) is 8.68. The fourth-order valence-electron chi connectivity index (χ4n) is 4.18. The summed E-state index contributed by atoms with van der Waals surface area (Å²) in [5.41, 5.74) is 2.17. The Morgan fingerprint density at radius 1 is 0.943 bits per heavy atom. The Morgan fingerprint density at radius 2 is 1.66 bits per heavy atom. The highest BCUT2D eigenvalue weighted by Crippen LogP contribution is 2.28. The molecule has 3 amide bonds. The van der Waals surface area contributed by atoms with Crippen molar-refractivity contribution >= 4 is 40.1 Å². The molecule has 1 unspecified atom stereocenters. The second-order valence-corrected chi connectivity index (χ2v) is 8.16. The Hall–Kier alpha value is -4.53. The first-order valence-electron chi connectivity index (χ1n) is 10.9. The molecule has 1 atom stereocenters. The van der Waals surface area contributed by atoms with Crippen molar-refractivity contribution in [2.24, 2.45) is 12.0 Å². The van der Waals surface area contributed by atoms with E-state index in [1.807, 2.05) is 0 Å². The third-order valence-corrected chi connectivity index (χ3v) is 5.99. The van der Waals surface area contributed by atoms with Gasteiger partial charge in [0.05, 0.1) is 16.9 Å². The summed E-state index contributed by atoms with van der Waals surface area (Å²) in [7, 11) is 3.26. The lowest BCUT2D eigenvalue weighted by molar-refractivity contribution is -0.119. The summed E-state index contributed by atoms with van der Waals surface area (Å²) >= 11 is 0. The van der Waals surface area contributed by atoms with Crippen LogP contribution in [0.1, 0.15) is 11.1 Å². The van der Waals surface area contributed by atoms with E-state index in [1.54, 1.807) is 73.3 Å². The molecule has 9 heteroatoms. The van der Waals surface area contributed by atoms with Crippen LogP contribution in [0, 0.1) is 11.6 Å². The van der Waals surface area contributed by atoms with Gasteiger partial charge < -0.3 is 14.8 Å². The lowest BCUT2D eigenvalue weighted by Gasteiger charge is -2.21. The van der Waals surface area contributed by atoms with Crippen LogP contribution < -0.4 is 15.5 Å². The summed E-state index contributed by atoms with van der Waals surface area (Å²) in [5.74, 6) is -0.975. The van der Waals surface area contributed by atoms with E-state index >= 15 is 0 Å². The number of aryl methyl sites for hydroxylation is 1. The van der Waals surface area contributed by atoms with E-state index in [0.29, 0.717) is 22.6 Å². The van der Waals surface area contributed by atoms with Crippen molar-refractivity contribution in [3.63, 3.8) is 0 Å². The number of hydrogen-bond donors (Lipinski definition) is 2. The molecule has 0 fully saturated rings. The maximum absolute atomic E-state index is 14.7. The maximum atomic E-state index is 14.7. The first-order valence-corrected chi connectivity index (χ1v) is 10.9. The number of fused-ring (bicyclic) bond motifs is 2. The van der Waals surface area contributed by atoms with Gasteiger partial charge >= 0.3 is 6.03 Å². The summed E-state index contributed by atoms with van der Waals surface area (Å²) < 4.78 is 30.0. The average Bonchev–Trinajstić information content (AvgIpc) is 3.10. The number of amides is 3. The average molecular weight is 473 g/mol. The molecule has 2 heterocycles. The molecular formula is C26H21F2N5O2. The fraction of sp³-hybridized carbons (Fsp3) is 0.115. The van der Waals surface area contributed by atoms with Crippen molar-refractivity contribution < 1.29 is 18.4 Å². The van der Waals surface area contributed by atoms with E-state index in [1.165, 1.54) is 23.1 Å². The number of hydrogen-bond acceptors (Lipinski definition) is 3. The number of rotatable bonds is 3. The van der Waals surface area contributed by atoms with Crippen LogP contribution in [0.2, 0.25) is 0 Å². The van der Waals surface area contributed by atoms with Crippen LogP contribution in [0.15, 0.2) is 77.8 Å². The Balaban J connectivity index is 1.50. The number of benzodiazepines with no additional fused rings is 1. The molecule has 7 nitrogen and oxygen atoms in total. The highest BCUT2D eigenvalue weighted by atomic mass is 19.1. The van der Waals surface area contributed by atoms with Crippen molar-refractivity contribution in [2.45, 2.75) is 6.17 Å². The van der Waals surface area contributed by atoms with Crippen molar-refractivity contribution in [1.29, 1.82) is 0 Å². The Labute approximate surface area is 199 Å². The molecule has 3 aromatic carbocycles. The van der Waals surface area contributed by atoms with Gasteiger partial charge in [-0.1, -0.05) is 30.3 Å². The minimum Gasteiger partial charge on any atom is -0.330 e. The van der Waals surface area contributed by atoms with E-state index in [9.17, 15) is 18.4 Å². The van der Waals surface area contributed by atoms with Crippen LogP contribution in [-0.4, -0.2) is 35.4 Å². The minimum absolute atomic E-state index is 0.214. The van der Waals surface area contributed by atoms with E-state index in [4.69, 9.17) is 0 Å². The zero-order chi connectivity index (χ0) is 24.7. The number of nitrogens with one attached hydrogen (secondary N) is 2. The van der Waals surface area contributed by atoms with Gasteiger partial charge in [0.25, 0.3) is 5.91 Å². The smallest absolute Gasteiger partial charge is 0.322 e. The Kier molecular flexibility index (Phi) is 5.52. The molecule has 35 heavy (non-hydrogen) atoms.